The van der Waals surface area contributed by atoms with E-state index in [0.29, 0.717) is 23.5 Å². The van der Waals surface area contributed by atoms with Crippen molar-refractivity contribution in [2.24, 2.45) is 16.6 Å². The molecule has 1 unspecified atom stereocenters. The van der Waals surface area contributed by atoms with E-state index >= 15 is 0 Å². The van der Waals surface area contributed by atoms with Gasteiger partial charge in [-0.05, 0) is 18.8 Å². The summed E-state index contributed by atoms with van der Waals surface area (Å²) >= 11 is 5.61. The summed E-state index contributed by atoms with van der Waals surface area (Å²) in [5, 5.41) is 0.526. The van der Waals surface area contributed by atoms with Crippen LogP contribution in [0.3, 0.4) is 0 Å². The van der Waals surface area contributed by atoms with Crippen LogP contribution in [0.4, 0.5) is 0 Å². The molecule has 0 spiro atoms. The van der Waals surface area contributed by atoms with Gasteiger partial charge >= 0.3 is 0 Å². The van der Waals surface area contributed by atoms with E-state index in [2.05, 4.69) is 23.4 Å². The Kier molecular flexibility index (Phi) is 7.34. The van der Waals surface area contributed by atoms with E-state index in [1.165, 1.54) is 12.8 Å². The monoisotopic (exact) mass is 343 g/mol. The molecule has 0 bridgehead atoms. The first-order valence-corrected chi connectivity index (χ1v) is 5.35. The maximum Gasteiger partial charge on any atom is 0.191 e. The van der Waals surface area contributed by atoms with Gasteiger partial charge in [0.25, 0.3) is 0 Å². The molecule has 0 aromatic heterocycles. The Labute approximate surface area is 114 Å². The van der Waals surface area contributed by atoms with E-state index in [1.807, 2.05) is 0 Å². The van der Waals surface area contributed by atoms with Crippen LogP contribution in [0.15, 0.2) is 16.6 Å². The lowest BCUT2D eigenvalue weighted by Gasteiger charge is -2.31. The number of aliphatic imine (C=N–C) groups is 1. The first-order chi connectivity index (χ1) is 6.59. The second kappa shape index (κ2) is 7.33. The molecule has 0 saturated carbocycles. The van der Waals surface area contributed by atoms with Gasteiger partial charge < -0.3 is 10.6 Å². The standard InChI is InChI=1S/C10H18ClN3.HI/c1-8-4-3-5-14(7-8)10(12)13-6-9(2)11;/h8H,2-7H2,1H3,(H2,12,13);1H. The Hall–Kier alpha value is 0.0300. The van der Waals surface area contributed by atoms with Crippen molar-refractivity contribution < 1.29 is 0 Å². The van der Waals surface area contributed by atoms with Crippen molar-refractivity contribution in [3.05, 3.63) is 11.6 Å². The molecule has 1 saturated heterocycles. The number of nitrogens with zero attached hydrogens (tertiary/aromatic N) is 2. The number of likely N-dealkylation sites (tertiary alicyclic amines) is 1. The molecule has 1 fully saturated rings. The molecule has 2 N–H and O–H groups in total. The van der Waals surface area contributed by atoms with Gasteiger partial charge in [0.05, 0.1) is 6.54 Å². The highest BCUT2D eigenvalue weighted by Crippen LogP contribution is 2.14. The molecule has 1 atom stereocenters. The fourth-order valence-corrected chi connectivity index (χ4v) is 1.72. The summed E-state index contributed by atoms with van der Waals surface area (Å²) in [5.74, 6) is 1.30. The summed E-state index contributed by atoms with van der Waals surface area (Å²) in [5.41, 5.74) is 5.84. The number of nitrogens with two attached hydrogens (primary N) is 1. The van der Waals surface area contributed by atoms with Gasteiger partial charge in [0.2, 0.25) is 0 Å². The molecule has 88 valence electrons. The summed E-state index contributed by atoms with van der Waals surface area (Å²) in [4.78, 5) is 6.29. The fraction of sp³-hybridized carbons (Fsp3) is 0.700. The van der Waals surface area contributed by atoms with Crippen molar-refractivity contribution >= 4 is 41.5 Å². The van der Waals surface area contributed by atoms with E-state index in [9.17, 15) is 0 Å². The zero-order chi connectivity index (χ0) is 10.6. The molecule has 15 heavy (non-hydrogen) atoms. The number of rotatable bonds is 2. The number of halogens is 2. The maximum absolute atomic E-state index is 5.84. The quantitative estimate of drug-likeness (QED) is 0.475. The Bertz CT molecular complexity index is 243. The van der Waals surface area contributed by atoms with Gasteiger partial charge in [0.15, 0.2) is 5.96 Å². The topological polar surface area (TPSA) is 41.6 Å². The van der Waals surface area contributed by atoms with Crippen LogP contribution in [-0.2, 0) is 0 Å². The van der Waals surface area contributed by atoms with Crippen molar-refractivity contribution in [2.75, 3.05) is 19.6 Å². The summed E-state index contributed by atoms with van der Waals surface area (Å²) < 4.78 is 0. The predicted molar refractivity (Wildman–Crippen MR) is 76.9 cm³/mol. The first kappa shape index (κ1) is 15.0. The van der Waals surface area contributed by atoms with E-state index in [1.54, 1.807) is 0 Å². The van der Waals surface area contributed by atoms with E-state index in [-0.39, 0.29) is 24.0 Å². The van der Waals surface area contributed by atoms with Crippen LogP contribution < -0.4 is 5.73 Å². The van der Waals surface area contributed by atoms with Crippen molar-refractivity contribution in [1.29, 1.82) is 0 Å². The van der Waals surface area contributed by atoms with Crippen molar-refractivity contribution in [3.8, 4) is 0 Å². The Morgan fingerprint density at radius 2 is 2.33 bits per heavy atom. The SMILES string of the molecule is C=C(Cl)CN=C(N)N1CCCC(C)C1.I. The Morgan fingerprint density at radius 1 is 1.67 bits per heavy atom. The summed E-state index contributed by atoms with van der Waals surface area (Å²) in [6.07, 6.45) is 2.48. The van der Waals surface area contributed by atoms with E-state index < -0.39 is 0 Å². The summed E-state index contributed by atoms with van der Waals surface area (Å²) in [6, 6.07) is 0. The first-order valence-electron chi connectivity index (χ1n) is 4.97. The minimum atomic E-state index is 0. The van der Waals surface area contributed by atoms with Crippen LogP contribution in [0.1, 0.15) is 19.8 Å². The molecule has 3 nitrogen and oxygen atoms in total. The van der Waals surface area contributed by atoms with Crippen molar-refractivity contribution in [2.45, 2.75) is 19.8 Å². The molecule has 1 rings (SSSR count). The van der Waals surface area contributed by atoms with E-state index in [4.69, 9.17) is 17.3 Å². The molecule has 1 aliphatic heterocycles. The summed E-state index contributed by atoms with van der Waals surface area (Å²) in [6.45, 7) is 8.23. The lowest BCUT2D eigenvalue weighted by atomic mass is 10.0. The third kappa shape index (κ3) is 5.61. The fourth-order valence-electron chi connectivity index (χ4n) is 1.66. The second-order valence-corrected chi connectivity index (χ2v) is 4.42. The number of piperidine rings is 1. The molecule has 0 aromatic carbocycles. The Balaban J connectivity index is 0.00000196. The van der Waals surface area contributed by atoms with Gasteiger partial charge in [-0.25, -0.2) is 4.99 Å². The van der Waals surface area contributed by atoms with Crippen LogP contribution >= 0.6 is 35.6 Å². The molecule has 0 aliphatic carbocycles. The van der Waals surface area contributed by atoms with Crippen LogP contribution in [0.25, 0.3) is 0 Å². The highest BCUT2D eigenvalue weighted by atomic mass is 127. The molecule has 0 radical (unpaired) electrons. The van der Waals surface area contributed by atoms with Gasteiger partial charge in [-0.3, -0.25) is 0 Å². The van der Waals surface area contributed by atoms with Crippen LogP contribution in [0.2, 0.25) is 0 Å². The molecule has 1 aliphatic rings. The Morgan fingerprint density at radius 3 is 2.87 bits per heavy atom. The molecule has 1 heterocycles. The number of guanidine groups is 1. The van der Waals surface area contributed by atoms with Gasteiger partial charge in [-0.2, -0.15) is 0 Å². The highest BCUT2D eigenvalue weighted by Gasteiger charge is 2.17. The lowest BCUT2D eigenvalue weighted by Crippen LogP contribution is -2.43. The third-order valence-corrected chi connectivity index (χ3v) is 2.51. The number of hydrogen-bond donors (Lipinski definition) is 1. The molecule has 0 aromatic rings. The normalized spacial score (nSPS) is 22.1. The van der Waals surface area contributed by atoms with Gasteiger partial charge in [-0.15, -0.1) is 24.0 Å². The van der Waals surface area contributed by atoms with Gasteiger partial charge in [0.1, 0.15) is 0 Å². The van der Waals surface area contributed by atoms with E-state index in [0.717, 1.165) is 13.1 Å². The second-order valence-electron chi connectivity index (χ2n) is 3.89. The molecule has 0 amide bonds. The lowest BCUT2D eigenvalue weighted by molar-refractivity contribution is 0.270. The zero-order valence-electron chi connectivity index (χ0n) is 9.08. The highest BCUT2D eigenvalue weighted by molar-refractivity contribution is 14.0. The van der Waals surface area contributed by atoms with Crippen molar-refractivity contribution in [3.63, 3.8) is 0 Å². The smallest absolute Gasteiger partial charge is 0.191 e. The van der Waals surface area contributed by atoms with Crippen LogP contribution in [-0.4, -0.2) is 30.5 Å². The average molecular weight is 344 g/mol. The predicted octanol–water partition coefficient (Wildman–Crippen LogP) is 2.40. The largest absolute Gasteiger partial charge is 0.370 e. The maximum atomic E-state index is 5.84. The third-order valence-electron chi connectivity index (χ3n) is 2.39. The minimum absolute atomic E-state index is 0. The summed E-state index contributed by atoms with van der Waals surface area (Å²) in [7, 11) is 0. The van der Waals surface area contributed by atoms with Crippen LogP contribution in [0, 0.1) is 5.92 Å². The van der Waals surface area contributed by atoms with Gasteiger partial charge in [0, 0.05) is 18.1 Å². The number of hydrogen-bond acceptors (Lipinski definition) is 1. The van der Waals surface area contributed by atoms with Gasteiger partial charge in [-0.1, -0.05) is 25.1 Å². The minimum Gasteiger partial charge on any atom is -0.370 e. The molecule has 5 heteroatoms. The zero-order valence-corrected chi connectivity index (χ0v) is 12.2. The van der Waals surface area contributed by atoms with Crippen LogP contribution in [0.5, 0.6) is 0 Å². The average Bonchev–Trinajstić information content (AvgIpc) is 2.14. The molecular weight excluding hydrogens is 324 g/mol. The molecular formula is C10H19ClIN3. The van der Waals surface area contributed by atoms with Crippen molar-refractivity contribution in [1.82, 2.24) is 4.90 Å².